The first-order valence-electron chi connectivity index (χ1n) is 10.2. The van der Waals surface area contributed by atoms with Crippen molar-refractivity contribution >= 4 is 28.4 Å². The third kappa shape index (κ3) is 5.21. The van der Waals surface area contributed by atoms with Crippen LogP contribution in [0.5, 0.6) is 0 Å². The number of allylic oxidation sites excluding steroid dienone is 2. The second kappa shape index (κ2) is 9.80. The summed E-state index contributed by atoms with van der Waals surface area (Å²) in [5.41, 5.74) is 9.38. The van der Waals surface area contributed by atoms with E-state index in [4.69, 9.17) is 5.73 Å². The summed E-state index contributed by atoms with van der Waals surface area (Å²) in [5.74, 6) is 0.992. The van der Waals surface area contributed by atoms with Gasteiger partial charge in [0.15, 0.2) is 11.0 Å². The number of nitrogens with two attached hydrogens (primary N) is 1. The number of Topliss-reactive ketones (excluding diaryl/α,β-unsaturated/α-hetero) is 1. The van der Waals surface area contributed by atoms with Gasteiger partial charge in [-0.3, -0.25) is 9.79 Å². The lowest BCUT2D eigenvalue weighted by molar-refractivity contribution is -0.113. The zero-order valence-electron chi connectivity index (χ0n) is 17.8. The lowest BCUT2D eigenvalue weighted by atomic mass is 9.86. The molecular formula is C23H29N5OS. The van der Waals surface area contributed by atoms with Gasteiger partial charge in [-0.2, -0.15) is 0 Å². The lowest BCUT2D eigenvalue weighted by Gasteiger charge is -2.32. The molecule has 0 saturated carbocycles. The Morgan fingerprint density at radius 2 is 2.13 bits per heavy atom. The van der Waals surface area contributed by atoms with Crippen LogP contribution in [-0.4, -0.2) is 38.3 Å². The Hall–Kier alpha value is -2.80. The van der Waals surface area contributed by atoms with Crippen LogP contribution in [0.1, 0.15) is 33.6 Å². The van der Waals surface area contributed by atoms with Crippen molar-refractivity contribution in [3.63, 3.8) is 0 Å². The third-order valence-corrected chi connectivity index (χ3v) is 6.15. The number of amidine groups is 1. The molecule has 0 fully saturated rings. The average molecular weight is 424 g/mol. The van der Waals surface area contributed by atoms with Crippen molar-refractivity contribution in [1.29, 1.82) is 0 Å². The number of hydrogen-bond donors (Lipinski definition) is 2. The van der Waals surface area contributed by atoms with Gasteiger partial charge in [0.1, 0.15) is 0 Å². The normalized spacial score (nSPS) is 20.0. The van der Waals surface area contributed by atoms with E-state index in [9.17, 15) is 4.79 Å². The molecular weight excluding hydrogens is 394 g/mol. The summed E-state index contributed by atoms with van der Waals surface area (Å²) >= 11 is 1.59. The number of carbonyl (C=O) groups excluding carboxylic acids is 1. The molecule has 3 N–H and O–H groups in total. The molecule has 3 rings (SSSR count). The molecule has 2 aromatic rings. The predicted octanol–water partition coefficient (Wildman–Crippen LogP) is 4.35. The Morgan fingerprint density at radius 1 is 1.37 bits per heavy atom. The van der Waals surface area contributed by atoms with Gasteiger partial charge in [-0.15, -0.1) is 0 Å². The van der Waals surface area contributed by atoms with Crippen molar-refractivity contribution in [2.24, 2.45) is 10.7 Å². The molecule has 0 spiro atoms. The van der Waals surface area contributed by atoms with Gasteiger partial charge >= 0.3 is 0 Å². The molecule has 30 heavy (non-hydrogen) atoms. The number of hydrogen-bond acceptors (Lipinski definition) is 6. The van der Waals surface area contributed by atoms with Gasteiger partial charge in [-0.05, 0) is 56.5 Å². The van der Waals surface area contributed by atoms with Crippen molar-refractivity contribution in [3.05, 3.63) is 66.3 Å². The van der Waals surface area contributed by atoms with Crippen LogP contribution in [0.4, 0.5) is 5.69 Å². The topological polar surface area (TPSA) is 85.3 Å². The molecule has 1 atom stereocenters. The van der Waals surface area contributed by atoms with Crippen LogP contribution in [0, 0.1) is 0 Å². The first-order chi connectivity index (χ1) is 14.4. The summed E-state index contributed by atoms with van der Waals surface area (Å²) in [6.45, 7) is 6.33. The highest BCUT2D eigenvalue weighted by Gasteiger charge is 2.30. The van der Waals surface area contributed by atoms with E-state index in [2.05, 4.69) is 29.1 Å². The first kappa shape index (κ1) is 21.9. The highest BCUT2D eigenvalue weighted by atomic mass is 32.2. The molecule has 1 unspecified atom stereocenters. The summed E-state index contributed by atoms with van der Waals surface area (Å²) in [4.78, 5) is 21.6. The van der Waals surface area contributed by atoms with E-state index in [1.807, 2.05) is 54.1 Å². The summed E-state index contributed by atoms with van der Waals surface area (Å²) in [6.07, 6.45) is 11.0. The number of thioether (sulfide) groups is 1. The number of anilines is 1. The summed E-state index contributed by atoms with van der Waals surface area (Å²) in [5, 5.41) is 3.85. The van der Waals surface area contributed by atoms with Gasteiger partial charge < -0.3 is 15.6 Å². The molecule has 1 aliphatic rings. The molecule has 2 heterocycles. The van der Waals surface area contributed by atoms with Crippen LogP contribution in [0.2, 0.25) is 0 Å². The highest BCUT2D eigenvalue weighted by Crippen LogP contribution is 2.34. The number of nitrogens with one attached hydrogen (secondary N) is 1. The van der Waals surface area contributed by atoms with E-state index >= 15 is 0 Å². The minimum absolute atomic E-state index is 0.0490. The molecule has 1 aromatic heterocycles. The maximum absolute atomic E-state index is 12.9. The van der Waals surface area contributed by atoms with Gasteiger partial charge in [-0.1, -0.05) is 30.8 Å². The first-order valence-corrected chi connectivity index (χ1v) is 11.1. The Balaban J connectivity index is 1.67. The minimum atomic E-state index is -0.338. The fourth-order valence-electron chi connectivity index (χ4n) is 3.52. The summed E-state index contributed by atoms with van der Waals surface area (Å²) < 4.78 is 1.93. The fraction of sp³-hybridized carbons (Fsp3) is 0.348. The number of imidazole rings is 1. The number of rotatable bonds is 8. The van der Waals surface area contributed by atoms with Crippen LogP contribution in [-0.2, 0) is 4.79 Å². The molecule has 0 radical (unpaired) electrons. The van der Waals surface area contributed by atoms with Crippen molar-refractivity contribution < 1.29 is 4.79 Å². The van der Waals surface area contributed by atoms with Crippen molar-refractivity contribution in [3.8, 4) is 5.69 Å². The number of aliphatic imine (C=N–C) groups is 1. The highest BCUT2D eigenvalue weighted by molar-refractivity contribution is 8.13. The molecule has 7 heteroatoms. The predicted molar refractivity (Wildman–Crippen MR) is 126 cm³/mol. The van der Waals surface area contributed by atoms with Gasteiger partial charge in [0.2, 0.25) is 0 Å². The molecule has 1 aromatic carbocycles. The second-order valence-corrected chi connectivity index (χ2v) is 8.50. The van der Waals surface area contributed by atoms with Crippen LogP contribution in [0.15, 0.2) is 71.3 Å². The van der Waals surface area contributed by atoms with E-state index in [1.54, 1.807) is 24.3 Å². The van der Waals surface area contributed by atoms with Crippen molar-refractivity contribution in [2.45, 2.75) is 39.2 Å². The van der Waals surface area contributed by atoms with Gasteiger partial charge in [0.25, 0.3) is 0 Å². The number of nitrogens with zero attached hydrogens (tertiary/aromatic N) is 3. The molecule has 0 bridgehead atoms. The third-order valence-electron chi connectivity index (χ3n) is 5.35. The zero-order chi connectivity index (χ0) is 21.6. The van der Waals surface area contributed by atoms with Gasteiger partial charge in [-0.25, -0.2) is 4.98 Å². The number of aromatic nitrogens is 2. The Kier molecular flexibility index (Phi) is 7.15. The number of benzene rings is 1. The van der Waals surface area contributed by atoms with E-state index in [1.165, 1.54) is 0 Å². The van der Waals surface area contributed by atoms with Crippen molar-refractivity contribution in [1.82, 2.24) is 9.55 Å². The van der Waals surface area contributed by atoms with E-state index in [0.717, 1.165) is 35.5 Å². The van der Waals surface area contributed by atoms with Gasteiger partial charge in [0, 0.05) is 35.1 Å². The molecule has 0 aliphatic carbocycles. The maximum atomic E-state index is 12.9. The van der Waals surface area contributed by atoms with Crippen LogP contribution in [0.25, 0.3) is 5.69 Å². The SMILES string of the molecule is C/C=C(\C=C(/CC)C1(C)CCSC(N)=N1)C(=O)CNc1ccc(-n2ccnc2)cc1. The molecule has 0 amide bonds. The smallest absolute Gasteiger partial charge is 0.181 e. The standard InChI is InChI=1S/C23H29N5OS/c1-4-17(14-18(5-2)23(3)10-13-30-22(24)27-23)21(29)15-26-19-6-8-20(9-7-19)28-12-11-25-16-28/h4,6-9,11-12,14,16,26H,5,10,13,15H2,1-3H3,(H2,24,27)/b17-4+,18-14+. The second-order valence-electron chi connectivity index (χ2n) is 7.38. The van der Waals surface area contributed by atoms with Crippen LogP contribution >= 0.6 is 11.8 Å². The minimum Gasteiger partial charge on any atom is -0.379 e. The number of carbonyl (C=O) groups is 1. The zero-order valence-corrected chi connectivity index (χ0v) is 18.6. The van der Waals surface area contributed by atoms with Crippen LogP contribution in [0.3, 0.4) is 0 Å². The summed E-state index contributed by atoms with van der Waals surface area (Å²) in [6, 6.07) is 7.90. The number of ketones is 1. The van der Waals surface area contributed by atoms with E-state index in [0.29, 0.717) is 10.7 Å². The van der Waals surface area contributed by atoms with Gasteiger partial charge in [0.05, 0.1) is 18.4 Å². The average Bonchev–Trinajstić information content (AvgIpc) is 3.28. The summed E-state index contributed by atoms with van der Waals surface area (Å²) in [7, 11) is 0. The lowest BCUT2D eigenvalue weighted by Crippen LogP contribution is -2.33. The quantitative estimate of drug-likeness (QED) is 0.487. The Labute approximate surface area is 182 Å². The molecule has 6 nitrogen and oxygen atoms in total. The molecule has 158 valence electrons. The van der Waals surface area contributed by atoms with Crippen LogP contribution < -0.4 is 11.1 Å². The molecule has 1 aliphatic heterocycles. The Morgan fingerprint density at radius 3 is 2.73 bits per heavy atom. The largest absolute Gasteiger partial charge is 0.379 e. The maximum Gasteiger partial charge on any atom is 0.181 e. The monoisotopic (exact) mass is 423 g/mol. The van der Waals surface area contributed by atoms with E-state index in [-0.39, 0.29) is 17.9 Å². The Bertz CT molecular complexity index is 960. The van der Waals surface area contributed by atoms with E-state index < -0.39 is 0 Å². The molecule has 0 saturated heterocycles. The van der Waals surface area contributed by atoms with Crippen molar-refractivity contribution in [2.75, 3.05) is 17.6 Å². The fourth-order valence-corrected chi connectivity index (χ4v) is 4.49.